The number of ether oxygens (including phenoxy) is 1. The maximum Gasteiger partial charge on any atom is 0.123 e. The summed E-state index contributed by atoms with van der Waals surface area (Å²) >= 11 is 0. The first-order chi connectivity index (χ1) is 5.69. The number of aliphatic hydroxyl groups is 3. The maximum atomic E-state index is 9.25. The van der Waals surface area contributed by atoms with Gasteiger partial charge in [0.2, 0.25) is 0 Å². The fourth-order valence-electron chi connectivity index (χ4n) is 1.21. The predicted molar refractivity (Wildman–Crippen MR) is 39.7 cm³/mol. The fourth-order valence-corrected chi connectivity index (χ4v) is 1.21. The monoisotopic (exact) mass is 178 g/mol. The minimum atomic E-state index is -1.04. The van der Waals surface area contributed by atoms with Crippen molar-refractivity contribution in [3.05, 3.63) is 0 Å². The number of nitrogens with two attached hydrogens (primary N) is 1. The standard InChI is InChI=1S/C6H14N2O4/c7-8-5-1-3(10)6(11)4(2-9)12-5/h3-6,8-11H,1-2,7H2/t3-,4-,5-,6+/m1/s1. The molecule has 6 N–H and O–H groups in total. The molecule has 1 rings (SSSR count). The lowest BCUT2D eigenvalue weighted by atomic mass is 10.0. The largest absolute Gasteiger partial charge is 0.394 e. The van der Waals surface area contributed by atoms with Crippen molar-refractivity contribution in [2.75, 3.05) is 6.61 Å². The topological polar surface area (TPSA) is 108 Å². The molecule has 1 saturated heterocycles. The Bertz CT molecular complexity index is 146. The summed E-state index contributed by atoms with van der Waals surface area (Å²) < 4.78 is 5.07. The molecule has 0 bridgehead atoms. The Morgan fingerprint density at radius 2 is 2.17 bits per heavy atom. The van der Waals surface area contributed by atoms with E-state index in [2.05, 4.69) is 5.43 Å². The third kappa shape index (κ3) is 1.92. The van der Waals surface area contributed by atoms with Gasteiger partial charge in [0.15, 0.2) is 0 Å². The molecular weight excluding hydrogens is 164 g/mol. The van der Waals surface area contributed by atoms with E-state index in [1.165, 1.54) is 0 Å². The molecule has 0 aromatic rings. The van der Waals surface area contributed by atoms with Crippen LogP contribution in [0, 0.1) is 0 Å². The molecule has 6 heteroatoms. The Morgan fingerprint density at radius 3 is 2.67 bits per heavy atom. The highest BCUT2D eigenvalue weighted by Crippen LogP contribution is 2.17. The summed E-state index contributed by atoms with van der Waals surface area (Å²) in [5.41, 5.74) is 2.31. The highest BCUT2D eigenvalue weighted by atomic mass is 16.5. The van der Waals surface area contributed by atoms with Crippen LogP contribution in [0.3, 0.4) is 0 Å². The summed E-state index contributed by atoms with van der Waals surface area (Å²) in [7, 11) is 0. The van der Waals surface area contributed by atoms with E-state index in [4.69, 9.17) is 15.7 Å². The average Bonchev–Trinajstić information content (AvgIpc) is 2.09. The predicted octanol–water partition coefficient (Wildman–Crippen LogP) is -2.72. The first-order valence-corrected chi connectivity index (χ1v) is 3.77. The van der Waals surface area contributed by atoms with Crippen LogP contribution in [0.4, 0.5) is 0 Å². The van der Waals surface area contributed by atoms with Gasteiger partial charge in [-0.25, -0.2) is 5.43 Å². The molecule has 72 valence electrons. The van der Waals surface area contributed by atoms with Crippen LogP contribution in [-0.4, -0.2) is 46.5 Å². The SMILES string of the molecule is NN[C@H]1C[C@@H](O)[C@H](O)[C@@H](CO)O1. The summed E-state index contributed by atoms with van der Waals surface area (Å²) in [5.74, 6) is 5.08. The zero-order valence-corrected chi connectivity index (χ0v) is 6.55. The Hall–Kier alpha value is -0.240. The van der Waals surface area contributed by atoms with Gasteiger partial charge in [-0.2, -0.15) is 0 Å². The van der Waals surface area contributed by atoms with E-state index in [0.717, 1.165) is 0 Å². The smallest absolute Gasteiger partial charge is 0.123 e. The van der Waals surface area contributed by atoms with Crippen molar-refractivity contribution in [2.24, 2.45) is 5.84 Å². The maximum absolute atomic E-state index is 9.25. The molecule has 6 nitrogen and oxygen atoms in total. The van der Waals surface area contributed by atoms with Gasteiger partial charge in [0.05, 0.1) is 12.7 Å². The molecule has 1 aliphatic rings. The van der Waals surface area contributed by atoms with E-state index in [-0.39, 0.29) is 13.0 Å². The van der Waals surface area contributed by atoms with Crippen molar-refractivity contribution < 1.29 is 20.1 Å². The van der Waals surface area contributed by atoms with Crippen molar-refractivity contribution >= 4 is 0 Å². The molecule has 0 aliphatic carbocycles. The van der Waals surface area contributed by atoms with Crippen LogP contribution in [0.5, 0.6) is 0 Å². The summed E-state index contributed by atoms with van der Waals surface area (Å²) in [6.45, 7) is -0.337. The molecule has 4 atom stereocenters. The molecule has 0 aromatic heterocycles. The van der Waals surface area contributed by atoms with Gasteiger partial charge in [0, 0.05) is 6.42 Å². The third-order valence-electron chi connectivity index (χ3n) is 1.94. The van der Waals surface area contributed by atoms with E-state index in [9.17, 15) is 10.2 Å². The normalized spacial score (nSPS) is 43.0. The first kappa shape index (κ1) is 9.85. The first-order valence-electron chi connectivity index (χ1n) is 3.77. The lowest BCUT2D eigenvalue weighted by Gasteiger charge is -2.35. The van der Waals surface area contributed by atoms with Crippen LogP contribution in [0.1, 0.15) is 6.42 Å². The average molecular weight is 178 g/mol. The highest BCUT2D eigenvalue weighted by molar-refractivity contribution is 4.83. The second-order valence-electron chi connectivity index (χ2n) is 2.81. The summed E-state index contributed by atoms with van der Waals surface area (Å²) in [6, 6.07) is 0. The molecular formula is C6H14N2O4. The third-order valence-corrected chi connectivity index (χ3v) is 1.94. The fraction of sp³-hybridized carbons (Fsp3) is 1.00. The molecule has 1 heterocycles. The van der Waals surface area contributed by atoms with Gasteiger partial charge in [-0.3, -0.25) is 5.84 Å². The highest BCUT2D eigenvalue weighted by Gasteiger charge is 2.35. The van der Waals surface area contributed by atoms with Gasteiger partial charge < -0.3 is 20.1 Å². The minimum Gasteiger partial charge on any atom is -0.394 e. The van der Waals surface area contributed by atoms with E-state index in [0.29, 0.717) is 0 Å². The quantitative estimate of drug-likeness (QED) is 0.232. The van der Waals surface area contributed by atoms with Gasteiger partial charge in [-0.1, -0.05) is 0 Å². The van der Waals surface area contributed by atoms with Crippen molar-refractivity contribution in [3.63, 3.8) is 0 Å². The molecule has 1 aliphatic heterocycles. The van der Waals surface area contributed by atoms with Crippen LogP contribution in [0.2, 0.25) is 0 Å². The van der Waals surface area contributed by atoms with Gasteiger partial charge in [-0.15, -0.1) is 0 Å². The van der Waals surface area contributed by atoms with E-state index in [1.54, 1.807) is 0 Å². The molecule has 12 heavy (non-hydrogen) atoms. The summed E-state index contributed by atoms with van der Waals surface area (Å²) in [4.78, 5) is 0. The van der Waals surface area contributed by atoms with Crippen molar-refractivity contribution in [1.29, 1.82) is 0 Å². The minimum absolute atomic E-state index is 0.216. The summed E-state index contributed by atoms with van der Waals surface area (Å²) in [5, 5.41) is 27.2. The Labute approximate surface area is 69.9 Å². The Balaban J connectivity index is 2.52. The Morgan fingerprint density at radius 1 is 1.50 bits per heavy atom. The van der Waals surface area contributed by atoms with E-state index >= 15 is 0 Å². The van der Waals surface area contributed by atoms with Gasteiger partial charge in [0.25, 0.3) is 0 Å². The molecule has 0 aromatic carbocycles. The van der Waals surface area contributed by atoms with E-state index < -0.39 is 24.5 Å². The van der Waals surface area contributed by atoms with Crippen molar-refractivity contribution in [1.82, 2.24) is 5.43 Å². The number of nitrogens with one attached hydrogen (secondary N) is 1. The molecule has 0 unspecified atom stereocenters. The van der Waals surface area contributed by atoms with Gasteiger partial charge >= 0.3 is 0 Å². The number of hydrogen-bond donors (Lipinski definition) is 5. The van der Waals surface area contributed by atoms with Gasteiger partial charge in [0.1, 0.15) is 18.4 Å². The van der Waals surface area contributed by atoms with Crippen LogP contribution in [0.15, 0.2) is 0 Å². The molecule has 0 spiro atoms. The lowest BCUT2D eigenvalue weighted by molar-refractivity contribution is -0.187. The molecule has 0 saturated carbocycles. The van der Waals surface area contributed by atoms with Gasteiger partial charge in [-0.05, 0) is 0 Å². The van der Waals surface area contributed by atoms with Crippen LogP contribution < -0.4 is 11.3 Å². The zero-order valence-electron chi connectivity index (χ0n) is 6.55. The van der Waals surface area contributed by atoms with Crippen molar-refractivity contribution in [2.45, 2.75) is 31.0 Å². The van der Waals surface area contributed by atoms with Crippen LogP contribution in [-0.2, 0) is 4.74 Å². The second-order valence-corrected chi connectivity index (χ2v) is 2.81. The Kier molecular flexibility index (Phi) is 3.39. The number of hydrogen-bond acceptors (Lipinski definition) is 6. The summed E-state index contributed by atoms with van der Waals surface area (Å²) in [6.07, 6.45) is -3.01. The number of hydrazine groups is 1. The van der Waals surface area contributed by atoms with E-state index in [1.807, 2.05) is 0 Å². The number of rotatable bonds is 2. The molecule has 1 fully saturated rings. The van der Waals surface area contributed by atoms with Crippen LogP contribution >= 0.6 is 0 Å². The molecule has 0 amide bonds. The molecule has 0 radical (unpaired) electrons. The second kappa shape index (κ2) is 4.13. The number of aliphatic hydroxyl groups excluding tert-OH is 3. The zero-order chi connectivity index (χ0) is 9.14. The van der Waals surface area contributed by atoms with Crippen LogP contribution in [0.25, 0.3) is 0 Å². The lowest BCUT2D eigenvalue weighted by Crippen LogP contribution is -2.55. The van der Waals surface area contributed by atoms with Crippen molar-refractivity contribution in [3.8, 4) is 0 Å².